The molecule has 0 radical (unpaired) electrons. The van der Waals surface area contributed by atoms with Crippen molar-refractivity contribution >= 4 is 11.9 Å². The third kappa shape index (κ3) is 5.11. The van der Waals surface area contributed by atoms with E-state index >= 15 is 0 Å². The highest BCUT2D eigenvalue weighted by atomic mass is 16.5. The number of hydrogen-bond donors (Lipinski definition) is 1. The molecule has 0 spiro atoms. The van der Waals surface area contributed by atoms with Gasteiger partial charge >= 0.3 is 0 Å². The first kappa shape index (κ1) is 19.1. The van der Waals surface area contributed by atoms with Crippen molar-refractivity contribution in [3.63, 3.8) is 0 Å². The van der Waals surface area contributed by atoms with Crippen molar-refractivity contribution in [2.75, 3.05) is 39.8 Å². The Morgan fingerprint density at radius 2 is 2.00 bits per heavy atom. The zero-order valence-corrected chi connectivity index (χ0v) is 15.8. The molecule has 1 amide bonds. The lowest BCUT2D eigenvalue weighted by Gasteiger charge is -2.25. The van der Waals surface area contributed by atoms with Crippen molar-refractivity contribution in [2.45, 2.75) is 33.3 Å². The lowest BCUT2D eigenvalue weighted by atomic mass is 10.1. The lowest BCUT2D eigenvalue weighted by molar-refractivity contribution is -0.131. The topological polar surface area (TPSA) is 57.2 Å². The molecule has 138 valence electrons. The third-order valence-electron chi connectivity index (χ3n) is 4.34. The summed E-state index contributed by atoms with van der Waals surface area (Å²) in [5.41, 5.74) is 1.23. The summed E-state index contributed by atoms with van der Waals surface area (Å²) in [6, 6.07) is 8.11. The van der Waals surface area contributed by atoms with Crippen LogP contribution in [0.5, 0.6) is 5.75 Å². The highest BCUT2D eigenvalue weighted by Gasteiger charge is 2.22. The number of rotatable bonds is 7. The molecular weight excluding hydrogens is 316 g/mol. The first-order valence-corrected chi connectivity index (χ1v) is 9.10. The van der Waals surface area contributed by atoms with E-state index in [1.165, 1.54) is 5.56 Å². The molecule has 0 aliphatic carbocycles. The Balaban J connectivity index is 1.95. The van der Waals surface area contributed by atoms with Crippen LogP contribution in [-0.4, -0.2) is 67.5 Å². The summed E-state index contributed by atoms with van der Waals surface area (Å²) in [5.74, 6) is 1.81. The van der Waals surface area contributed by atoms with E-state index in [-0.39, 0.29) is 12.0 Å². The number of para-hydroxylation sites is 1. The standard InChI is InChI=1S/C19H30N4O2/c1-5-20-19(22(4)14-18(24)23(6-2)7-3)21-13-16-12-15-10-8-9-11-17(15)25-16/h8-11,16H,5-7,12-14H2,1-4H3,(H,20,21). The molecule has 1 N–H and O–H groups in total. The minimum absolute atomic E-state index is 0.0536. The molecule has 0 aromatic heterocycles. The SMILES string of the molecule is CCNC(=NCC1Cc2ccccc2O1)N(C)CC(=O)N(CC)CC. The Hall–Kier alpha value is -2.24. The van der Waals surface area contributed by atoms with Crippen molar-refractivity contribution in [3.05, 3.63) is 29.8 Å². The maximum Gasteiger partial charge on any atom is 0.242 e. The van der Waals surface area contributed by atoms with Gasteiger partial charge in [-0.2, -0.15) is 0 Å². The normalized spacial score (nSPS) is 16.2. The number of ether oxygens (including phenoxy) is 1. The number of aliphatic imine (C=N–C) groups is 1. The Kier molecular flexibility index (Phi) is 7.10. The fourth-order valence-electron chi connectivity index (χ4n) is 2.97. The highest BCUT2D eigenvalue weighted by Crippen LogP contribution is 2.28. The molecule has 6 heteroatoms. The van der Waals surface area contributed by atoms with Gasteiger partial charge in [-0.25, -0.2) is 4.99 Å². The maximum absolute atomic E-state index is 12.3. The van der Waals surface area contributed by atoms with Crippen LogP contribution in [0.3, 0.4) is 0 Å². The average Bonchev–Trinajstić information content (AvgIpc) is 3.02. The molecule has 1 aromatic carbocycles. The number of fused-ring (bicyclic) bond motifs is 1. The Labute approximate surface area is 150 Å². The Morgan fingerprint density at radius 1 is 1.28 bits per heavy atom. The van der Waals surface area contributed by atoms with E-state index in [4.69, 9.17) is 4.74 Å². The molecule has 25 heavy (non-hydrogen) atoms. The van der Waals surface area contributed by atoms with Crippen LogP contribution in [0.2, 0.25) is 0 Å². The second-order valence-corrected chi connectivity index (χ2v) is 6.17. The van der Waals surface area contributed by atoms with E-state index < -0.39 is 0 Å². The minimum Gasteiger partial charge on any atom is -0.488 e. The predicted molar refractivity (Wildman–Crippen MR) is 101 cm³/mol. The van der Waals surface area contributed by atoms with Crippen molar-refractivity contribution in [3.8, 4) is 5.75 Å². The zero-order valence-electron chi connectivity index (χ0n) is 15.8. The van der Waals surface area contributed by atoms with Crippen molar-refractivity contribution in [2.24, 2.45) is 4.99 Å². The van der Waals surface area contributed by atoms with Crippen LogP contribution in [0.15, 0.2) is 29.3 Å². The summed E-state index contributed by atoms with van der Waals surface area (Å²) in [6.45, 7) is 9.12. The molecule has 0 bridgehead atoms. The summed E-state index contributed by atoms with van der Waals surface area (Å²) >= 11 is 0. The van der Waals surface area contributed by atoms with Crippen molar-refractivity contribution < 1.29 is 9.53 Å². The first-order chi connectivity index (χ1) is 12.1. The maximum atomic E-state index is 12.3. The van der Waals surface area contributed by atoms with Gasteiger partial charge < -0.3 is 19.9 Å². The van der Waals surface area contributed by atoms with E-state index in [2.05, 4.69) is 16.4 Å². The van der Waals surface area contributed by atoms with Gasteiger partial charge in [0.1, 0.15) is 11.9 Å². The van der Waals surface area contributed by atoms with Crippen LogP contribution in [0, 0.1) is 0 Å². The second kappa shape index (κ2) is 9.30. The molecule has 1 aromatic rings. The van der Waals surface area contributed by atoms with Crippen molar-refractivity contribution in [1.29, 1.82) is 0 Å². The molecule has 0 fully saturated rings. The lowest BCUT2D eigenvalue weighted by Crippen LogP contribution is -2.46. The number of carbonyl (C=O) groups excluding carboxylic acids is 1. The Morgan fingerprint density at radius 3 is 2.64 bits per heavy atom. The molecular formula is C19H30N4O2. The number of nitrogens with one attached hydrogen (secondary N) is 1. The number of benzene rings is 1. The highest BCUT2D eigenvalue weighted by molar-refractivity contribution is 5.86. The number of carbonyl (C=O) groups is 1. The van der Waals surface area contributed by atoms with Crippen molar-refractivity contribution in [1.82, 2.24) is 15.1 Å². The van der Waals surface area contributed by atoms with Gasteiger partial charge in [0.25, 0.3) is 0 Å². The predicted octanol–water partition coefficient (Wildman–Crippen LogP) is 1.76. The van der Waals surface area contributed by atoms with Gasteiger partial charge in [-0.1, -0.05) is 18.2 Å². The molecule has 0 saturated heterocycles. The van der Waals surface area contributed by atoms with Gasteiger partial charge in [-0.05, 0) is 32.4 Å². The van der Waals surface area contributed by atoms with Crippen LogP contribution < -0.4 is 10.1 Å². The summed E-state index contributed by atoms with van der Waals surface area (Å²) < 4.78 is 5.94. The van der Waals surface area contributed by atoms with Crippen LogP contribution in [0.1, 0.15) is 26.3 Å². The zero-order chi connectivity index (χ0) is 18.2. The molecule has 1 unspecified atom stereocenters. The number of guanidine groups is 1. The number of amides is 1. The second-order valence-electron chi connectivity index (χ2n) is 6.17. The molecule has 2 rings (SSSR count). The fraction of sp³-hybridized carbons (Fsp3) is 0.579. The average molecular weight is 346 g/mol. The number of nitrogens with zero attached hydrogens (tertiary/aromatic N) is 3. The van der Waals surface area contributed by atoms with E-state index in [1.54, 1.807) is 0 Å². The summed E-state index contributed by atoms with van der Waals surface area (Å²) in [4.78, 5) is 20.7. The first-order valence-electron chi connectivity index (χ1n) is 9.10. The molecule has 1 aliphatic heterocycles. The fourth-order valence-corrected chi connectivity index (χ4v) is 2.97. The third-order valence-corrected chi connectivity index (χ3v) is 4.34. The van der Waals surface area contributed by atoms with E-state index in [0.29, 0.717) is 13.1 Å². The smallest absolute Gasteiger partial charge is 0.242 e. The van der Waals surface area contributed by atoms with Gasteiger partial charge in [-0.15, -0.1) is 0 Å². The molecule has 6 nitrogen and oxygen atoms in total. The quantitative estimate of drug-likeness (QED) is 0.604. The van der Waals surface area contributed by atoms with Crippen LogP contribution in [-0.2, 0) is 11.2 Å². The van der Waals surface area contributed by atoms with Crippen LogP contribution in [0.4, 0.5) is 0 Å². The van der Waals surface area contributed by atoms with Gasteiger partial charge in [0.2, 0.25) is 5.91 Å². The minimum atomic E-state index is 0.0536. The summed E-state index contributed by atoms with van der Waals surface area (Å²) in [6.07, 6.45) is 0.930. The van der Waals surface area contributed by atoms with Gasteiger partial charge in [0, 0.05) is 33.1 Å². The molecule has 1 atom stereocenters. The molecule has 1 heterocycles. The van der Waals surface area contributed by atoms with Gasteiger partial charge in [0.05, 0.1) is 13.1 Å². The number of likely N-dealkylation sites (N-methyl/N-ethyl adjacent to an activating group) is 2. The van der Waals surface area contributed by atoms with Crippen LogP contribution >= 0.6 is 0 Å². The molecule has 1 aliphatic rings. The van der Waals surface area contributed by atoms with E-state index in [9.17, 15) is 4.79 Å². The number of hydrogen-bond acceptors (Lipinski definition) is 3. The van der Waals surface area contributed by atoms with E-state index in [1.807, 2.05) is 55.8 Å². The summed E-state index contributed by atoms with van der Waals surface area (Å²) in [7, 11) is 1.90. The van der Waals surface area contributed by atoms with Crippen LogP contribution in [0.25, 0.3) is 0 Å². The van der Waals surface area contributed by atoms with Gasteiger partial charge in [-0.3, -0.25) is 4.79 Å². The van der Waals surface area contributed by atoms with E-state index in [0.717, 1.165) is 37.8 Å². The Bertz CT molecular complexity index is 574. The molecule has 0 saturated carbocycles. The monoisotopic (exact) mass is 346 g/mol. The summed E-state index contributed by atoms with van der Waals surface area (Å²) in [5, 5.41) is 3.26. The largest absolute Gasteiger partial charge is 0.488 e. The van der Waals surface area contributed by atoms with Gasteiger partial charge in [0.15, 0.2) is 5.96 Å².